The summed E-state index contributed by atoms with van der Waals surface area (Å²) < 4.78 is 32.5. The average Bonchev–Trinajstić information content (AvgIpc) is 2.88. The third-order valence-corrected chi connectivity index (χ3v) is 4.27. The summed E-state index contributed by atoms with van der Waals surface area (Å²) >= 11 is 0. The van der Waals surface area contributed by atoms with Crippen LogP contribution in [0.4, 0.5) is 5.69 Å². The molecule has 0 aromatic heterocycles. The van der Waals surface area contributed by atoms with E-state index >= 15 is 0 Å². The van der Waals surface area contributed by atoms with Gasteiger partial charge in [-0.3, -0.25) is 5.43 Å². The first-order chi connectivity index (χ1) is 10.0. The summed E-state index contributed by atoms with van der Waals surface area (Å²) in [5, 5.41) is 4.37. The summed E-state index contributed by atoms with van der Waals surface area (Å²) in [7, 11) is -4.40. The van der Waals surface area contributed by atoms with Crippen molar-refractivity contribution in [3.63, 3.8) is 0 Å². The van der Waals surface area contributed by atoms with Crippen molar-refractivity contribution in [3.8, 4) is 0 Å². The van der Waals surface area contributed by atoms with Gasteiger partial charge in [0.15, 0.2) is 0 Å². The van der Waals surface area contributed by atoms with E-state index in [1.165, 1.54) is 29.8 Å². The van der Waals surface area contributed by atoms with E-state index in [9.17, 15) is 13.0 Å². The van der Waals surface area contributed by atoms with Gasteiger partial charge in [0.25, 0.3) is 0 Å². The second-order valence-corrected chi connectivity index (χ2v) is 6.19. The second-order valence-electron chi connectivity index (χ2n) is 4.81. The van der Waals surface area contributed by atoms with E-state index in [2.05, 4.69) is 16.6 Å². The van der Waals surface area contributed by atoms with Gasteiger partial charge in [0.1, 0.15) is 10.1 Å². The number of hydrogen-bond acceptors (Lipinski definition) is 5. The third kappa shape index (κ3) is 2.96. The molecule has 0 radical (unpaired) electrons. The Morgan fingerprint density at radius 3 is 2.43 bits per heavy atom. The summed E-state index contributed by atoms with van der Waals surface area (Å²) in [6.07, 6.45) is 1.85. The number of hydrazone groups is 1. The topological polar surface area (TPSA) is 81.6 Å². The maximum Gasteiger partial charge on any atom is 0.124 e. The predicted molar refractivity (Wildman–Crippen MR) is 79.3 cm³/mol. The van der Waals surface area contributed by atoms with Gasteiger partial charge in [-0.05, 0) is 42.7 Å². The minimum absolute atomic E-state index is 0.244. The van der Waals surface area contributed by atoms with E-state index in [0.717, 1.165) is 24.1 Å². The molecule has 1 N–H and O–H groups in total. The van der Waals surface area contributed by atoms with Crippen LogP contribution < -0.4 is 5.43 Å². The lowest BCUT2D eigenvalue weighted by Gasteiger charge is -2.08. The van der Waals surface area contributed by atoms with Crippen LogP contribution in [0.25, 0.3) is 0 Å². The maximum atomic E-state index is 10.8. The molecule has 0 bridgehead atoms. The Hall–Kier alpha value is -2.18. The predicted octanol–water partition coefficient (Wildman–Crippen LogP) is 2.35. The Balaban J connectivity index is 1.78. The van der Waals surface area contributed by atoms with Gasteiger partial charge < -0.3 is 4.55 Å². The first kappa shape index (κ1) is 13.8. The van der Waals surface area contributed by atoms with Crippen LogP contribution in [0.5, 0.6) is 0 Å². The largest absolute Gasteiger partial charge is 0.744 e. The summed E-state index contributed by atoms with van der Waals surface area (Å²) in [6.45, 7) is 0. The highest BCUT2D eigenvalue weighted by atomic mass is 32.2. The van der Waals surface area contributed by atoms with E-state index in [0.29, 0.717) is 5.69 Å². The molecule has 21 heavy (non-hydrogen) atoms. The van der Waals surface area contributed by atoms with Gasteiger partial charge in [-0.1, -0.05) is 24.3 Å². The molecule has 6 heteroatoms. The zero-order chi connectivity index (χ0) is 14.9. The van der Waals surface area contributed by atoms with E-state index in [1.54, 1.807) is 0 Å². The lowest BCUT2D eigenvalue weighted by atomic mass is 10.1. The molecule has 0 saturated carbocycles. The zero-order valence-corrected chi connectivity index (χ0v) is 11.9. The first-order valence-corrected chi connectivity index (χ1v) is 7.92. The van der Waals surface area contributed by atoms with Crippen LogP contribution in [0.15, 0.2) is 58.5 Å². The molecule has 2 aromatic carbocycles. The number of nitrogens with one attached hydrogen (secondary N) is 1. The monoisotopic (exact) mass is 301 g/mol. The van der Waals surface area contributed by atoms with Crippen LogP contribution in [-0.2, 0) is 16.5 Å². The van der Waals surface area contributed by atoms with Gasteiger partial charge >= 0.3 is 0 Å². The van der Waals surface area contributed by atoms with E-state index in [1.807, 2.05) is 18.2 Å². The fourth-order valence-corrected chi connectivity index (χ4v) is 2.82. The Bertz CT molecular complexity index is 796. The Morgan fingerprint density at radius 2 is 1.71 bits per heavy atom. The average molecular weight is 301 g/mol. The van der Waals surface area contributed by atoms with Crippen LogP contribution in [0.2, 0.25) is 0 Å². The number of hydrogen-bond donors (Lipinski definition) is 1. The SMILES string of the molecule is O=S(=O)([O-])c1ccc(N/N=C2/CCc3ccccc32)cc1. The fourth-order valence-electron chi connectivity index (χ4n) is 2.35. The van der Waals surface area contributed by atoms with Crippen LogP contribution in [0.3, 0.4) is 0 Å². The highest BCUT2D eigenvalue weighted by Crippen LogP contribution is 2.22. The van der Waals surface area contributed by atoms with Crippen molar-refractivity contribution in [1.29, 1.82) is 0 Å². The van der Waals surface area contributed by atoms with E-state index < -0.39 is 10.1 Å². The number of benzene rings is 2. The highest BCUT2D eigenvalue weighted by molar-refractivity contribution is 7.85. The summed E-state index contributed by atoms with van der Waals surface area (Å²) in [4.78, 5) is -0.244. The minimum Gasteiger partial charge on any atom is -0.744 e. The van der Waals surface area contributed by atoms with Crippen molar-refractivity contribution in [1.82, 2.24) is 0 Å². The molecule has 0 unspecified atom stereocenters. The molecule has 108 valence electrons. The Labute approximate surface area is 123 Å². The molecule has 2 aromatic rings. The molecule has 1 aliphatic rings. The molecule has 0 heterocycles. The fraction of sp³-hybridized carbons (Fsp3) is 0.133. The second kappa shape index (κ2) is 5.31. The molecular formula is C15H13N2O3S-. The van der Waals surface area contributed by atoms with Crippen LogP contribution in [-0.4, -0.2) is 18.7 Å². The van der Waals surface area contributed by atoms with Crippen molar-refractivity contribution in [3.05, 3.63) is 59.7 Å². The normalized spacial score (nSPS) is 16.0. The number of nitrogens with zero attached hydrogens (tertiary/aromatic N) is 1. The van der Waals surface area contributed by atoms with Crippen molar-refractivity contribution < 1.29 is 13.0 Å². The van der Waals surface area contributed by atoms with Crippen LogP contribution >= 0.6 is 0 Å². The number of rotatable bonds is 3. The lowest BCUT2D eigenvalue weighted by Crippen LogP contribution is -2.01. The van der Waals surface area contributed by atoms with Gasteiger partial charge in [-0.2, -0.15) is 5.10 Å². The van der Waals surface area contributed by atoms with Gasteiger partial charge in [0.2, 0.25) is 0 Å². The van der Waals surface area contributed by atoms with Gasteiger partial charge in [-0.15, -0.1) is 0 Å². The number of fused-ring (bicyclic) bond motifs is 1. The minimum atomic E-state index is -4.40. The molecule has 3 rings (SSSR count). The van der Waals surface area contributed by atoms with Crippen molar-refractivity contribution in [2.45, 2.75) is 17.7 Å². The molecule has 0 spiro atoms. The quantitative estimate of drug-likeness (QED) is 0.697. The van der Waals surface area contributed by atoms with Gasteiger partial charge in [0, 0.05) is 5.56 Å². The third-order valence-electron chi connectivity index (χ3n) is 3.42. The van der Waals surface area contributed by atoms with Gasteiger partial charge in [0.05, 0.1) is 16.3 Å². The molecule has 5 nitrogen and oxygen atoms in total. The van der Waals surface area contributed by atoms with Crippen LogP contribution in [0, 0.1) is 0 Å². The molecular weight excluding hydrogens is 288 g/mol. The number of aryl methyl sites for hydroxylation is 1. The first-order valence-electron chi connectivity index (χ1n) is 6.51. The van der Waals surface area contributed by atoms with Crippen molar-refractivity contribution in [2.75, 3.05) is 5.43 Å². The molecule has 0 fully saturated rings. The lowest BCUT2D eigenvalue weighted by molar-refractivity contribution is 0.463. The zero-order valence-electron chi connectivity index (χ0n) is 11.1. The standard InChI is InChI=1S/C15H14N2O3S/c18-21(19,20)13-8-6-12(7-9-13)16-17-15-10-5-11-3-1-2-4-14(11)15/h1-4,6-9,16H,5,10H2,(H,18,19,20)/p-1/b17-15-. The highest BCUT2D eigenvalue weighted by Gasteiger charge is 2.16. The molecule has 0 saturated heterocycles. The van der Waals surface area contributed by atoms with Crippen molar-refractivity contribution >= 4 is 21.5 Å². The molecule has 0 atom stereocenters. The molecule has 1 aliphatic carbocycles. The van der Waals surface area contributed by atoms with Crippen LogP contribution in [0.1, 0.15) is 17.5 Å². The molecule has 0 amide bonds. The molecule has 0 aliphatic heterocycles. The maximum absolute atomic E-state index is 10.8. The van der Waals surface area contributed by atoms with E-state index in [4.69, 9.17) is 0 Å². The van der Waals surface area contributed by atoms with Gasteiger partial charge in [-0.25, -0.2) is 8.42 Å². The van der Waals surface area contributed by atoms with E-state index in [-0.39, 0.29) is 4.90 Å². The number of anilines is 1. The summed E-state index contributed by atoms with van der Waals surface area (Å²) in [5.74, 6) is 0. The van der Waals surface area contributed by atoms with Crippen molar-refractivity contribution in [2.24, 2.45) is 5.10 Å². The Morgan fingerprint density at radius 1 is 1.00 bits per heavy atom. The summed E-state index contributed by atoms with van der Waals surface area (Å²) in [6, 6.07) is 13.7. The smallest absolute Gasteiger partial charge is 0.124 e. The summed E-state index contributed by atoms with van der Waals surface area (Å²) in [5.41, 5.74) is 6.94. The Kier molecular flexibility index (Phi) is 3.48.